The van der Waals surface area contributed by atoms with Crippen molar-refractivity contribution in [2.45, 2.75) is 37.9 Å². The van der Waals surface area contributed by atoms with Crippen molar-refractivity contribution in [3.8, 4) is 11.3 Å². The second kappa shape index (κ2) is 10.5. The van der Waals surface area contributed by atoms with E-state index in [-0.39, 0.29) is 11.7 Å². The van der Waals surface area contributed by atoms with E-state index in [9.17, 15) is 4.79 Å². The molecule has 0 spiro atoms. The number of hydrogen-bond acceptors (Lipinski definition) is 7. The summed E-state index contributed by atoms with van der Waals surface area (Å²) in [5.74, 6) is 0.471. The van der Waals surface area contributed by atoms with Crippen LogP contribution in [0.4, 0.5) is 5.13 Å². The molecule has 0 saturated heterocycles. The third kappa shape index (κ3) is 5.88. The smallest absolute Gasteiger partial charge is 0.236 e. The van der Waals surface area contributed by atoms with E-state index in [1.165, 1.54) is 23.1 Å². The Morgan fingerprint density at radius 2 is 2.10 bits per heavy atom. The van der Waals surface area contributed by atoms with Crippen LogP contribution in [-0.2, 0) is 16.1 Å². The Labute approximate surface area is 178 Å². The molecule has 1 amide bonds. The summed E-state index contributed by atoms with van der Waals surface area (Å²) in [5, 5.41) is 12.3. The molecule has 0 unspecified atom stereocenters. The fourth-order valence-electron chi connectivity index (χ4n) is 2.75. The quantitative estimate of drug-likeness (QED) is 0.381. The monoisotopic (exact) mass is 431 g/mol. The number of aromatic nitrogens is 4. The van der Waals surface area contributed by atoms with Crippen molar-refractivity contribution < 1.29 is 9.53 Å². The van der Waals surface area contributed by atoms with Gasteiger partial charge in [0.2, 0.25) is 5.91 Å². The van der Waals surface area contributed by atoms with Crippen LogP contribution < -0.4 is 5.32 Å². The van der Waals surface area contributed by atoms with Crippen LogP contribution in [0.3, 0.4) is 0 Å². The molecule has 0 aliphatic heterocycles. The lowest BCUT2D eigenvalue weighted by molar-refractivity contribution is -0.113. The summed E-state index contributed by atoms with van der Waals surface area (Å²) in [7, 11) is 1.68. The molecule has 0 radical (unpaired) electrons. The SMILES string of the molecule is COCCCn1cnnc1SCC(=O)Nc1nc(-c2ccccc2)c(C(C)C)s1. The highest BCUT2D eigenvalue weighted by atomic mass is 32.2. The number of thioether (sulfide) groups is 1. The van der Waals surface area contributed by atoms with Crippen molar-refractivity contribution in [3.63, 3.8) is 0 Å². The van der Waals surface area contributed by atoms with E-state index in [2.05, 4.69) is 34.3 Å². The molecule has 0 bridgehead atoms. The minimum atomic E-state index is -0.106. The lowest BCUT2D eigenvalue weighted by Crippen LogP contribution is -2.14. The average Bonchev–Trinajstić information content (AvgIpc) is 3.34. The highest BCUT2D eigenvalue weighted by Crippen LogP contribution is 2.36. The molecule has 0 saturated carbocycles. The molecule has 0 atom stereocenters. The molecular formula is C20H25N5O2S2. The summed E-state index contributed by atoms with van der Waals surface area (Å²) < 4.78 is 7.01. The maximum atomic E-state index is 12.5. The third-order valence-electron chi connectivity index (χ3n) is 4.13. The fraction of sp³-hybridized carbons (Fsp3) is 0.400. The first-order valence-electron chi connectivity index (χ1n) is 9.44. The highest BCUT2D eigenvalue weighted by molar-refractivity contribution is 7.99. The van der Waals surface area contributed by atoms with Gasteiger partial charge in [-0.05, 0) is 12.3 Å². The predicted molar refractivity (Wildman–Crippen MR) is 118 cm³/mol. The van der Waals surface area contributed by atoms with Gasteiger partial charge in [-0.15, -0.1) is 21.5 Å². The molecule has 2 aromatic heterocycles. The van der Waals surface area contributed by atoms with Gasteiger partial charge in [-0.1, -0.05) is 55.9 Å². The van der Waals surface area contributed by atoms with Crippen molar-refractivity contribution in [1.82, 2.24) is 19.7 Å². The van der Waals surface area contributed by atoms with Gasteiger partial charge in [0.1, 0.15) is 6.33 Å². The zero-order valence-electron chi connectivity index (χ0n) is 16.8. The zero-order valence-corrected chi connectivity index (χ0v) is 18.4. The van der Waals surface area contributed by atoms with E-state index < -0.39 is 0 Å². The second-order valence-corrected chi connectivity index (χ2v) is 8.72. The Balaban J connectivity index is 1.62. The molecule has 154 valence electrons. The van der Waals surface area contributed by atoms with Crippen molar-refractivity contribution in [3.05, 3.63) is 41.5 Å². The van der Waals surface area contributed by atoms with E-state index in [4.69, 9.17) is 4.74 Å². The first-order chi connectivity index (χ1) is 14.1. The minimum Gasteiger partial charge on any atom is -0.385 e. The summed E-state index contributed by atoms with van der Waals surface area (Å²) in [6.07, 6.45) is 2.55. The highest BCUT2D eigenvalue weighted by Gasteiger charge is 2.17. The number of methoxy groups -OCH3 is 1. The van der Waals surface area contributed by atoms with Crippen LogP contribution in [0.2, 0.25) is 0 Å². The topological polar surface area (TPSA) is 81.9 Å². The van der Waals surface area contributed by atoms with Crippen molar-refractivity contribution in [1.29, 1.82) is 0 Å². The second-order valence-electron chi connectivity index (χ2n) is 6.74. The zero-order chi connectivity index (χ0) is 20.6. The van der Waals surface area contributed by atoms with Crippen LogP contribution in [0, 0.1) is 0 Å². The number of rotatable bonds is 10. The van der Waals surface area contributed by atoms with Gasteiger partial charge in [-0.3, -0.25) is 4.79 Å². The molecule has 1 N–H and O–H groups in total. The number of anilines is 1. The first kappa shape index (κ1) is 21.5. The number of nitrogens with zero attached hydrogens (tertiary/aromatic N) is 4. The molecule has 29 heavy (non-hydrogen) atoms. The molecule has 0 fully saturated rings. The summed E-state index contributed by atoms with van der Waals surface area (Å²) in [5.41, 5.74) is 2.00. The van der Waals surface area contributed by atoms with Crippen LogP contribution in [0.1, 0.15) is 31.1 Å². The number of benzene rings is 1. The van der Waals surface area contributed by atoms with Gasteiger partial charge in [0.05, 0.1) is 11.4 Å². The number of ether oxygens (including phenoxy) is 1. The van der Waals surface area contributed by atoms with Crippen molar-refractivity contribution >= 4 is 34.1 Å². The van der Waals surface area contributed by atoms with Crippen molar-refractivity contribution in [2.24, 2.45) is 0 Å². The number of carbonyl (C=O) groups is 1. The third-order valence-corrected chi connectivity index (χ3v) is 6.38. The molecule has 0 aliphatic rings. The maximum Gasteiger partial charge on any atom is 0.236 e. The van der Waals surface area contributed by atoms with E-state index >= 15 is 0 Å². The molecule has 3 aromatic rings. The van der Waals surface area contributed by atoms with Gasteiger partial charge in [0.25, 0.3) is 0 Å². The van der Waals surface area contributed by atoms with E-state index in [1.54, 1.807) is 13.4 Å². The summed E-state index contributed by atoms with van der Waals surface area (Å²) in [6.45, 7) is 5.71. The Bertz CT molecular complexity index is 924. The molecule has 9 heteroatoms. The van der Waals surface area contributed by atoms with Crippen LogP contribution >= 0.6 is 23.1 Å². The summed E-state index contributed by atoms with van der Waals surface area (Å²) in [4.78, 5) is 18.3. The van der Waals surface area contributed by atoms with Gasteiger partial charge < -0.3 is 14.6 Å². The maximum absolute atomic E-state index is 12.5. The van der Waals surface area contributed by atoms with Gasteiger partial charge >= 0.3 is 0 Å². The van der Waals surface area contributed by atoms with E-state index in [0.717, 1.165) is 34.3 Å². The van der Waals surface area contributed by atoms with Crippen molar-refractivity contribution in [2.75, 3.05) is 24.8 Å². The number of aryl methyl sites for hydroxylation is 1. The van der Waals surface area contributed by atoms with Crippen LogP contribution in [0.15, 0.2) is 41.8 Å². The molecule has 2 heterocycles. The Hall–Kier alpha value is -2.23. The molecule has 7 nitrogen and oxygen atoms in total. The summed E-state index contributed by atoms with van der Waals surface area (Å²) >= 11 is 2.90. The van der Waals surface area contributed by atoms with Crippen LogP contribution in [0.25, 0.3) is 11.3 Å². The van der Waals surface area contributed by atoms with Gasteiger partial charge in [-0.2, -0.15) is 0 Å². The number of thiazole rings is 1. The fourth-order valence-corrected chi connectivity index (χ4v) is 4.50. The van der Waals surface area contributed by atoms with Crippen LogP contribution in [-0.4, -0.2) is 45.1 Å². The first-order valence-corrected chi connectivity index (χ1v) is 11.2. The number of amides is 1. The number of carbonyl (C=O) groups excluding carboxylic acids is 1. The molecule has 3 rings (SSSR count). The number of hydrogen-bond donors (Lipinski definition) is 1. The summed E-state index contributed by atoms with van der Waals surface area (Å²) in [6, 6.07) is 10.1. The Kier molecular flexibility index (Phi) is 7.79. The molecule has 1 aromatic carbocycles. The largest absolute Gasteiger partial charge is 0.385 e. The van der Waals surface area contributed by atoms with Crippen LogP contribution in [0.5, 0.6) is 0 Å². The van der Waals surface area contributed by atoms with Gasteiger partial charge in [0.15, 0.2) is 10.3 Å². The average molecular weight is 432 g/mol. The standard InChI is InChI=1S/C20H25N5O2S2/c1-14(2)18-17(15-8-5-4-6-9-15)23-19(29-18)22-16(26)12-28-20-24-21-13-25(20)10-7-11-27-3/h4-6,8-9,13-14H,7,10-12H2,1-3H3,(H,22,23,26). The number of nitrogens with one attached hydrogen (secondary N) is 1. The van der Waals surface area contributed by atoms with Gasteiger partial charge in [0, 0.05) is 30.7 Å². The Morgan fingerprint density at radius 3 is 2.83 bits per heavy atom. The minimum absolute atomic E-state index is 0.106. The molecule has 0 aliphatic carbocycles. The lowest BCUT2D eigenvalue weighted by atomic mass is 10.1. The molecular weight excluding hydrogens is 406 g/mol. The lowest BCUT2D eigenvalue weighted by Gasteiger charge is -2.05. The Morgan fingerprint density at radius 1 is 1.31 bits per heavy atom. The predicted octanol–water partition coefficient (Wildman–Crippen LogP) is 4.29. The van der Waals surface area contributed by atoms with E-state index in [1.807, 2.05) is 34.9 Å². The van der Waals surface area contributed by atoms with E-state index in [0.29, 0.717) is 17.7 Å². The van der Waals surface area contributed by atoms with Gasteiger partial charge in [-0.25, -0.2) is 4.98 Å². The normalized spacial score (nSPS) is 11.2.